The molecule has 1 fully saturated rings. The molecule has 1 N–H and O–H groups in total. The van der Waals surface area contributed by atoms with Gasteiger partial charge < -0.3 is 9.84 Å². The van der Waals surface area contributed by atoms with Crippen molar-refractivity contribution in [1.29, 1.82) is 0 Å². The zero-order chi connectivity index (χ0) is 14.7. The summed E-state index contributed by atoms with van der Waals surface area (Å²) in [5.41, 5.74) is 1.85. The third-order valence-corrected chi connectivity index (χ3v) is 3.69. The van der Waals surface area contributed by atoms with E-state index in [1.165, 1.54) is 0 Å². The SMILES string of the molecule is O=C(O)C(Cc1ccc(OC2CC2)cc1)c1ccccc1. The number of benzene rings is 2. The Hall–Kier alpha value is -2.29. The summed E-state index contributed by atoms with van der Waals surface area (Å²) in [6.45, 7) is 0. The molecule has 0 bridgehead atoms. The van der Waals surface area contributed by atoms with Crippen LogP contribution in [-0.2, 0) is 11.2 Å². The van der Waals surface area contributed by atoms with Gasteiger partial charge in [0.05, 0.1) is 12.0 Å². The van der Waals surface area contributed by atoms with Crippen molar-refractivity contribution < 1.29 is 14.6 Å². The predicted octanol–water partition coefficient (Wildman–Crippen LogP) is 3.64. The van der Waals surface area contributed by atoms with Crippen molar-refractivity contribution in [3.63, 3.8) is 0 Å². The normalized spacial score (nSPS) is 15.4. The zero-order valence-corrected chi connectivity index (χ0v) is 11.7. The van der Waals surface area contributed by atoms with Gasteiger partial charge in [-0.3, -0.25) is 4.79 Å². The number of carbonyl (C=O) groups is 1. The van der Waals surface area contributed by atoms with E-state index in [1.54, 1.807) is 0 Å². The van der Waals surface area contributed by atoms with Gasteiger partial charge in [-0.05, 0) is 42.5 Å². The highest BCUT2D eigenvalue weighted by Gasteiger charge is 2.23. The molecular weight excluding hydrogens is 264 g/mol. The molecule has 2 aromatic carbocycles. The summed E-state index contributed by atoms with van der Waals surface area (Å²) in [6.07, 6.45) is 3.14. The fraction of sp³-hybridized carbons (Fsp3) is 0.278. The van der Waals surface area contributed by atoms with Crippen LogP contribution in [0.5, 0.6) is 5.75 Å². The molecule has 1 aliphatic rings. The van der Waals surface area contributed by atoms with Crippen LogP contribution in [0.4, 0.5) is 0 Å². The summed E-state index contributed by atoms with van der Waals surface area (Å²) < 4.78 is 5.70. The Bertz CT molecular complexity index is 600. The lowest BCUT2D eigenvalue weighted by Crippen LogP contribution is -2.14. The van der Waals surface area contributed by atoms with Gasteiger partial charge in [0.25, 0.3) is 0 Å². The van der Waals surface area contributed by atoms with Crippen LogP contribution >= 0.6 is 0 Å². The first kappa shape index (κ1) is 13.7. The van der Waals surface area contributed by atoms with Gasteiger partial charge >= 0.3 is 5.97 Å². The molecule has 3 nitrogen and oxygen atoms in total. The van der Waals surface area contributed by atoms with E-state index in [4.69, 9.17) is 4.74 Å². The van der Waals surface area contributed by atoms with Crippen LogP contribution in [-0.4, -0.2) is 17.2 Å². The lowest BCUT2D eigenvalue weighted by Gasteiger charge is -2.13. The third kappa shape index (κ3) is 3.63. The lowest BCUT2D eigenvalue weighted by atomic mass is 9.92. The van der Waals surface area contributed by atoms with Crippen LogP contribution in [0.1, 0.15) is 29.9 Å². The Labute approximate surface area is 124 Å². The molecular formula is C18H18O3. The topological polar surface area (TPSA) is 46.5 Å². The number of carboxylic acid groups (broad SMARTS) is 1. The molecule has 2 aromatic rings. The fourth-order valence-corrected chi connectivity index (χ4v) is 2.35. The maximum absolute atomic E-state index is 11.5. The molecule has 0 radical (unpaired) electrons. The van der Waals surface area contributed by atoms with Crippen molar-refractivity contribution >= 4 is 5.97 Å². The van der Waals surface area contributed by atoms with Gasteiger partial charge in [-0.15, -0.1) is 0 Å². The predicted molar refractivity (Wildman–Crippen MR) is 80.6 cm³/mol. The van der Waals surface area contributed by atoms with Crippen molar-refractivity contribution in [2.75, 3.05) is 0 Å². The van der Waals surface area contributed by atoms with Gasteiger partial charge in [0.15, 0.2) is 0 Å². The van der Waals surface area contributed by atoms with Gasteiger partial charge in [0, 0.05) is 0 Å². The maximum atomic E-state index is 11.5. The van der Waals surface area contributed by atoms with E-state index in [0.717, 1.165) is 29.7 Å². The monoisotopic (exact) mass is 282 g/mol. The Kier molecular flexibility index (Phi) is 3.91. The Morgan fingerprint density at radius 3 is 2.33 bits per heavy atom. The summed E-state index contributed by atoms with van der Waals surface area (Å²) in [6, 6.07) is 17.1. The molecule has 1 aliphatic carbocycles. The third-order valence-electron chi connectivity index (χ3n) is 3.69. The largest absolute Gasteiger partial charge is 0.490 e. The molecule has 0 amide bonds. The van der Waals surface area contributed by atoms with Crippen molar-refractivity contribution in [3.8, 4) is 5.75 Å². The van der Waals surface area contributed by atoms with Gasteiger partial charge in [-0.1, -0.05) is 42.5 Å². The molecule has 1 unspecified atom stereocenters. The van der Waals surface area contributed by atoms with E-state index >= 15 is 0 Å². The first-order chi connectivity index (χ1) is 10.2. The molecule has 0 spiro atoms. The van der Waals surface area contributed by atoms with Crippen LogP contribution < -0.4 is 4.74 Å². The highest BCUT2D eigenvalue weighted by Crippen LogP contribution is 2.28. The minimum atomic E-state index is -0.792. The number of hydrogen-bond acceptors (Lipinski definition) is 2. The second-order valence-electron chi connectivity index (χ2n) is 5.47. The van der Waals surface area contributed by atoms with E-state index in [2.05, 4.69) is 0 Å². The van der Waals surface area contributed by atoms with Crippen LogP contribution in [0.2, 0.25) is 0 Å². The number of aliphatic carboxylic acids is 1. The van der Waals surface area contributed by atoms with E-state index < -0.39 is 11.9 Å². The van der Waals surface area contributed by atoms with Crippen molar-refractivity contribution in [2.24, 2.45) is 0 Å². The second-order valence-corrected chi connectivity index (χ2v) is 5.47. The van der Waals surface area contributed by atoms with E-state index in [1.807, 2.05) is 54.6 Å². The zero-order valence-electron chi connectivity index (χ0n) is 11.7. The molecule has 108 valence electrons. The summed E-state index contributed by atoms with van der Waals surface area (Å²) in [5, 5.41) is 9.45. The van der Waals surface area contributed by atoms with Crippen molar-refractivity contribution in [2.45, 2.75) is 31.3 Å². The Morgan fingerprint density at radius 2 is 1.76 bits per heavy atom. The quantitative estimate of drug-likeness (QED) is 0.880. The van der Waals surface area contributed by atoms with E-state index in [9.17, 15) is 9.90 Å². The molecule has 1 atom stereocenters. The summed E-state index contributed by atoms with van der Waals surface area (Å²) in [5.74, 6) is -0.436. The summed E-state index contributed by atoms with van der Waals surface area (Å²) in [7, 11) is 0. The molecule has 0 aliphatic heterocycles. The maximum Gasteiger partial charge on any atom is 0.311 e. The van der Waals surface area contributed by atoms with Crippen molar-refractivity contribution in [3.05, 3.63) is 65.7 Å². The lowest BCUT2D eigenvalue weighted by molar-refractivity contribution is -0.138. The van der Waals surface area contributed by atoms with Crippen LogP contribution in [0, 0.1) is 0 Å². The average Bonchev–Trinajstić information content (AvgIpc) is 3.31. The Morgan fingerprint density at radius 1 is 1.10 bits per heavy atom. The molecule has 0 heterocycles. The Balaban J connectivity index is 1.71. The smallest absolute Gasteiger partial charge is 0.311 e. The first-order valence-corrected chi connectivity index (χ1v) is 7.26. The average molecular weight is 282 g/mol. The van der Waals surface area contributed by atoms with Crippen LogP contribution in [0.15, 0.2) is 54.6 Å². The minimum absolute atomic E-state index is 0.381. The summed E-state index contributed by atoms with van der Waals surface area (Å²) >= 11 is 0. The van der Waals surface area contributed by atoms with Crippen LogP contribution in [0.25, 0.3) is 0 Å². The second kappa shape index (κ2) is 6.00. The highest BCUT2D eigenvalue weighted by atomic mass is 16.5. The molecule has 3 heteroatoms. The number of rotatable bonds is 6. The molecule has 1 saturated carbocycles. The number of ether oxygens (including phenoxy) is 1. The first-order valence-electron chi connectivity index (χ1n) is 7.26. The van der Waals surface area contributed by atoms with E-state index in [0.29, 0.717) is 12.5 Å². The van der Waals surface area contributed by atoms with Gasteiger partial charge in [0.1, 0.15) is 5.75 Å². The number of hydrogen-bond donors (Lipinski definition) is 1. The van der Waals surface area contributed by atoms with Gasteiger partial charge in [-0.2, -0.15) is 0 Å². The van der Waals surface area contributed by atoms with E-state index in [-0.39, 0.29) is 0 Å². The molecule has 3 rings (SSSR count). The standard InChI is InChI=1S/C18H18O3/c19-18(20)17(14-4-2-1-3-5-14)12-13-6-8-15(9-7-13)21-16-10-11-16/h1-9,16-17H,10-12H2,(H,19,20). The summed E-state index contributed by atoms with van der Waals surface area (Å²) in [4.78, 5) is 11.5. The molecule has 0 saturated heterocycles. The van der Waals surface area contributed by atoms with Crippen LogP contribution in [0.3, 0.4) is 0 Å². The molecule has 21 heavy (non-hydrogen) atoms. The fourth-order valence-electron chi connectivity index (χ4n) is 2.35. The minimum Gasteiger partial charge on any atom is -0.490 e. The van der Waals surface area contributed by atoms with Gasteiger partial charge in [0.2, 0.25) is 0 Å². The highest BCUT2D eigenvalue weighted by molar-refractivity contribution is 5.76. The van der Waals surface area contributed by atoms with Gasteiger partial charge in [-0.25, -0.2) is 0 Å². The molecule has 0 aromatic heterocycles. The number of carboxylic acids is 1. The van der Waals surface area contributed by atoms with Crippen molar-refractivity contribution in [1.82, 2.24) is 0 Å².